The lowest BCUT2D eigenvalue weighted by molar-refractivity contribution is 0.130. The van der Waals surface area contributed by atoms with Gasteiger partial charge in [-0.3, -0.25) is 0 Å². The molecule has 0 radical (unpaired) electrons. The molecule has 0 spiro atoms. The molecule has 0 unspecified atom stereocenters. The molecular weight excluding hydrogens is 248 g/mol. The molecule has 0 bridgehead atoms. The molecule has 0 amide bonds. The van der Waals surface area contributed by atoms with Crippen LogP contribution in [0, 0.1) is 23.2 Å². The van der Waals surface area contributed by atoms with Gasteiger partial charge in [-0.25, -0.2) is 0 Å². The normalized spacial score (nSPS) is 23.2. The second kappa shape index (κ2) is 7.31. The predicted molar refractivity (Wildman–Crippen MR) is 80.7 cm³/mol. The molecule has 1 aliphatic heterocycles. The molecule has 3 heteroatoms. The van der Waals surface area contributed by atoms with Gasteiger partial charge in [0.2, 0.25) is 0 Å². The first-order chi connectivity index (χ1) is 9.69. The van der Waals surface area contributed by atoms with Gasteiger partial charge in [-0.15, -0.1) is 0 Å². The maximum absolute atomic E-state index is 8.73. The highest BCUT2D eigenvalue weighted by Crippen LogP contribution is 2.22. The molecule has 1 aromatic rings. The van der Waals surface area contributed by atoms with E-state index in [2.05, 4.69) is 24.8 Å². The van der Waals surface area contributed by atoms with Gasteiger partial charge in [-0.1, -0.05) is 13.8 Å². The van der Waals surface area contributed by atoms with Crippen LogP contribution in [-0.4, -0.2) is 31.1 Å². The highest BCUT2D eigenvalue weighted by Gasteiger charge is 2.21. The largest absolute Gasteiger partial charge is 0.494 e. The first-order valence-electron chi connectivity index (χ1n) is 7.54. The lowest BCUT2D eigenvalue weighted by Gasteiger charge is -2.35. The third-order valence-electron chi connectivity index (χ3n) is 4.29. The van der Waals surface area contributed by atoms with E-state index in [-0.39, 0.29) is 0 Å². The molecule has 0 aliphatic carbocycles. The first-order valence-corrected chi connectivity index (χ1v) is 7.54. The van der Waals surface area contributed by atoms with Crippen LogP contribution in [0.2, 0.25) is 0 Å². The van der Waals surface area contributed by atoms with Crippen LogP contribution in [0.5, 0.6) is 5.75 Å². The van der Waals surface area contributed by atoms with Crippen molar-refractivity contribution < 1.29 is 4.74 Å². The van der Waals surface area contributed by atoms with Crippen LogP contribution in [0.4, 0.5) is 0 Å². The van der Waals surface area contributed by atoms with Gasteiger partial charge < -0.3 is 9.64 Å². The molecule has 0 N–H and O–H groups in total. The van der Waals surface area contributed by atoms with Crippen molar-refractivity contribution in [3.63, 3.8) is 0 Å². The number of nitriles is 1. The average molecular weight is 272 g/mol. The van der Waals surface area contributed by atoms with E-state index in [1.807, 2.05) is 12.1 Å². The van der Waals surface area contributed by atoms with Gasteiger partial charge in [0, 0.05) is 13.1 Å². The Morgan fingerprint density at radius 3 is 2.65 bits per heavy atom. The molecule has 1 heterocycles. The number of piperidine rings is 1. The van der Waals surface area contributed by atoms with Crippen molar-refractivity contribution >= 4 is 0 Å². The molecule has 1 aliphatic rings. The fourth-order valence-electron chi connectivity index (χ4n) is 2.66. The summed E-state index contributed by atoms with van der Waals surface area (Å²) in [5.41, 5.74) is 0.675. The van der Waals surface area contributed by atoms with Gasteiger partial charge in [0.15, 0.2) is 0 Å². The smallest absolute Gasteiger partial charge is 0.119 e. The minimum Gasteiger partial charge on any atom is -0.494 e. The summed E-state index contributed by atoms with van der Waals surface area (Å²) in [6, 6.07) is 9.43. The Hall–Kier alpha value is -1.53. The molecule has 2 rings (SSSR count). The zero-order valence-corrected chi connectivity index (χ0v) is 12.5. The number of hydrogen-bond donors (Lipinski definition) is 0. The molecule has 1 fully saturated rings. The maximum atomic E-state index is 8.73. The summed E-state index contributed by atoms with van der Waals surface area (Å²) in [5, 5.41) is 8.73. The third-order valence-corrected chi connectivity index (χ3v) is 4.29. The topological polar surface area (TPSA) is 36.3 Å². The van der Waals surface area contributed by atoms with Crippen LogP contribution in [0.15, 0.2) is 24.3 Å². The fourth-order valence-corrected chi connectivity index (χ4v) is 2.66. The summed E-state index contributed by atoms with van der Waals surface area (Å²) in [6.07, 6.45) is 2.37. The molecule has 1 aromatic carbocycles. The van der Waals surface area contributed by atoms with Crippen molar-refractivity contribution in [2.24, 2.45) is 11.8 Å². The summed E-state index contributed by atoms with van der Waals surface area (Å²) in [7, 11) is 0. The van der Waals surface area contributed by atoms with E-state index in [1.165, 1.54) is 19.5 Å². The van der Waals surface area contributed by atoms with Crippen molar-refractivity contribution in [3.8, 4) is 11.8 Å². The van der Waals surface area contributed by atoms with Gasteiger partial charge in [0.1, 0.15) is 5.75 Å². The van der Waals surface area contributed by atoms with Crippen LogP contribution in [0.25, 0.3) is 0 Å². The number of likely N-dealkylation sites (tertiary alicyclic amines) is 1. The van der Waals surface area contributed by atoms with Crippen molar-refractivity contribution in [3.05, 3.63) is 29.8 Å². The standard InChI is InChI=1S/C17H24N2O/c1-14-8-10-19(13-15(14)2)9-3-11-20-17-6-4-16(12-18)5-7-17/h4-7,14-15H,3,8-11,13H2,1-2H3/t14-,15+/m1/s1. The van der Waals surface area contributed by atoms with E-state index in [0.29, 0.717) is 5.56 Å². The second-order valence-electron chi connectivity index (χ2n) is 5.88. The van der Waals surface area contributed by atoms with Crippen molar-refractivity contribution in [2.75, 3.05) is 26.2 Å². The van der Waals surface area contributed by atoms with E-state index in [9.17, 15) is 0 Å². The summed E-state index contributed by atoms with van der Waals surface area (Å²) in [5.74, 6) is 2.52. The summed E-state index contributed by atoms with van der Waals surface area (Å²) < 4.78 is 5.71. The van der Waals surface area contributed by atoms with Crippen LogP contribution in [-0.2, 0) is 0 Å². The summed E-state index contributed by atoms with van der Waals surface area (Å²) in [6.45, 7) is 9.01. The average Bonchev–Trinajstić information content (AvgIpc) is 2.48. The fraction of sp³-hybridized carbons (Fsp3) is 0.588. The van der Waals surface area contributed by atoms with E-state index in [1.54, 1.807) is 12.1 Å². The number of nitrogens with zero attached hydrogens (tertiary/aromatic N) is 2. The van der Waals surface area contributed by atoms with Crippen LogP contribution < -0.4 is 4.74 Å². The summed E-state index contributed by atoms with van der Waals surface area (Å²) in [4.78, 5) is 2.55. The minimum absolute atomic E-state index is 0.675. The third kappa shape index (κ3) is 4.25. The van der Waals surface area contributed by atoms with E-state index in [4.69, 9.17) is 10.00 Å². The highest BCUT2D eigenvalue weighted by atomic mass is 16.5. The number of hydrogen-bond acceptors (Lipinski definition) is 3. The van der Waals surface area contributed by atoms with Gasteiger partial charge in [0.05, 0.1) is 18.2 Å². The van der Waals surface area contributed by atoms with E-state index < -0.39 is 0 Å². The molecule has 20 heavy (non-hydrogen) atoms. The lowest BCUT2D eigenvalue weighted by Crippen LogP contribution is -2.39. The lowest BCUT2D eigenvalue weighted by atomic mass is 9.89. The summed E-state index contributed by atoms with van der Waals surface area (Å²) >= 11 is 0. The Balaban J connectivity index is 1.65. The molecule has 3 nitrogen and oxygen atoms in total. The monoisotopic (exact) mass is 272 g/mol. The van der Waals surface area contributed by atoms with E-state index in [0.717, 1.165) is 37.2 Å². The molecule has 0 saturated carbocycles. The van der Waals surface area contributed by atoms with Crippen LogP contribution >= 0.6 is 0 Å². The van der Waals surface area contributed by atoms with Crippen molar-refractivity contribution in [1.29, 1.82) is 5.26 Å². The van der Waals surface area contributed by atoms with Gasteiger partial charge in [0.25, 0.3) is 0 Å². The van der Waals surface area contributed by atoms with Gasteiger partial charge in [-0.2, -0.15) is 5.26 Å². The Kier molecular flexibility index (Phi) is 5.43. The number of ether oxygens (including phenoxy) is 1. The SMILES string of the molecule is C[C@@H]1CCN(CCCOc2ccc(C#N)cc2)C[C@@H]1C. The first kappa shape index (κ1) is 14.9. The number of benzene rings is 1. The van der Waals surface area contributed by atoms with Gasteiger partial charge in [-0.05, 0) is 55.5 Å². The van der Waals surface area contributed by atoms with E-state index >= 15 is 0 Å². The molecule has 1 saturated heterocycles. The molecule has 108 valence electrons. The molecule has 0 aromatic heterocycles. The number of rotatable bonds is 5. The van der Waals surface area contributed by atoms with Crippen molar-refractivity contribution in [1.82, 2.24) is 4.90 Å². The highest BCUT2D eigenvalue weighted by molar-refractivity contribution is 5.34. The van der Waals surface area contributed by atoms with Crippen LogP contribution in [0.3, 0.4) is 0 Å². The Bertz CT molecular complexity index is 449. The van der Waals surface area contributed by atoms with Gasteiger partial charge >= 0.3 is 0 Å². The second-order valence-corrected chi connectivity index (χ2v) is 5.88. The maximum Gasteiger partial charge on any atom is 0.119 e. The zero-order chi connectivity index (χ0) is 14.4. The Morgan fingerprint density at radius 1 is 1.25 bits per heavy atom. The predicted octanol–water partition coefficient (Wildman–Crippen LogP) is 3.31. The quantitative estimate of drug-likeness (QED) is 0.772. The zero-order valence-electron chi connectivity index (χ0n) is 12.5. The van der Waals surface area contributed by atoms with Crippen molar-refractivity contribution in [2.45, 2.75) is 26.7 Å². The minimum atomic E-state index is 0.675. The Labute approximate surface area is 122 Å². The van der Waals surface area contributed by atoms with Crippen LogP contribution in [0.1, 0.15) is 32.3 Å². The molecular formula is C17H24N2O. The Morgan fingerprint density at radius 2 is 2.00 bits per heavy atom. The molecule has 2 atom stereocenters.